The standard InChI is InChI=1S/C23H27BrFN5O3/c1-23(2)32-19(21-27-13-18(24)29(21)3)20(33-23)22(31)28-12-14-6-8-30(9-7-14)17-5-4-16(25)10-15(17)11-26/h4-5,10,13-14,19-20H,6-9,12H2,1-3H3,(H,28,31)/t19-,20-/m1/s1. The van der Waals surface area contributed by atoms with Crippen molar-refractivity contribution in [2.24, 2.45) is 13.0 Å². The highest BCUT2D eigenvalue weighted by Gasteiger charge is 2.47. The minimum atomic E-state index is -0.899. The van der Waals surface area contributed by atoms with Gasteiger partial charge in [0, 0.05) is 26.7 Å². The molecule has 0 aliphatic carbocycles. The van der Waals surface area contributed by atoms with E-state index in [1.54, 1.807) is 26.1 Å². The van der Waals surface area contributed by atoms with Crippen molar-refractivity contribution in [3.05, 3.63) is 46.2 Å². The van der Waals surface area contributed by atoms with Crippen molar-refractivity contribution in [2.45, 2.75) is 44.7 Å². The number of rotatable bonds is 5. The smallest absolute Gasteiger partial charge is 0.252 e. The first-order valence-corrected chi connectivity index (χ1v) is 11.7. The van der Waals surface area contributed by atoms with Crippen LogP contribution in [0.4, 0.5) is 10.1 Å². The van der Waals surface area contributed by atoms with Crippen LogP contribution in [0.15, 0.2) is 29.0 Å². The van der Waals surface area contributed by atoms with Gasteiger partial charge in [0.05, 0.1) is 17.4 Å². The third kappa shape index (κ3) is 5.05. The Morgan fingerprint density at radius 1 is 1.36 bits per heavy atom. The van der Waals surface area contributed by atoms with Crippen LogP contribution in [0.5, 0.6) is 0 Å². The van der Waals surface area contributed by atoms with Gasteiger partial charge in [-0.1, -0.05) is 0 Å². The molecule has 1 amide bonds. The first-order chi connectivity index (χ1) is 15.7. The lowest BCUT2D eigenvalue weighted by Crippen LogP contribution is -2.43. The van der Waals surface area contributed by atoms with E-state index in [4.69, 9.17) is 9.47 Å². The molecule has 2 atom stereocenters. The van der Waals surface area contributed by atoms with E-state index in [1.807, 2.05) is 11.6 Å². The normalized spacial score (nSPS) is 22.8. The fourth-order valence-electron chi connectivity index (χ4n) is 4.41. The third-order valence-electron chi connectivity index (χ3n) is 6.18. The summed E-state index contributed by atoms with van der Waals surface area (Å²) in [5.74, 6) is -0.618. The SMILES string of the molecule is Cn1c(Br)cnc1[C@@H]1OC(C)(C)O[C@H]1C(=O)NCC1CCN(c2ccc(F)cc2C#N)CC1. The largest absolute Gasteiger partial charge is 0.370 e. The number of anilines is 1. The molecule has 4 rings (SSSR count). The van der Waals surface area contributed by atoms with Crippen molar-refractivity contribution in [3.63, 3.8) is 0 Å². The zero-order chi connectivity index (χ0) is 23.8. The molecule has 2 aliphatic rings. The van der Waals surface area contributed by atoms with E-state index in [1.165, 1.54) is 12.1 Å². The van der Waals surface area contributed by atoms with E-state index in [2.05, 4.69) is 37.2 Å². The Labute approximate surface area is 200 Å². The van der Waals surface area contributed by atoms with Crippen molar-refractivity contribution in [1.29, 1.82) is 5.26 Å². The molecular weight excluding hydrogens is 493 g/mol. The summed E-state index contributed by atoms with van der Waals surface area (Å²) in [5, 5.41) is 12.3. The number of ether oxygens (including phenoxy) is 2. The zero-order valence-electron chi connectivity index (χ0n) is 18.8. The van der Waals surface area contributed by atoms with Crippen LogP contribution in [0.25, 0.3) is 0 Å². The summed E-state index contributed by atoms with van der Waals surface area (Å²) in [6.45, 7) is 5.57. The zero-order valence-corrected chi connectivity index (χ0v) is 20.4. The van der Waals surface area contributed by atoms with E-state index >= 15 is 0 Å². The molecule has 0 unspecified atom stereocenters. The second-order valence-electron chi connectivity index (χ2n) is 8.92. The van der Waals surface area contributed by atoms with Gasteiger partial charge in [-0.05, 0) is 66.7 Å². The summed E-state index contributed by atoms with van der Waals surface area (Å²) < 4.78 is 28.0. The lowest BCUT2D eigenvalue weighted by atomic mass is 9.95. The minimum Gasteiger partial charge on any atom is -0.370 e. The number of amides is 1. The number of carbonyl (C=O) groups is 1. The number of hydrogen-bond donors (Lipinski definition) is 1. The molecule has 1 N–H and O–H groups in total. The molecule has 33 heavy (non-hydrogen) atoms. The van der Waals surface area contributed by atoms with Gasteiger partial charge in [-0.25, -0.2) is 9.37 Å². The van der Waals surface area contributed by atoms with Crippen LogP contribution in [0.3, 0.4) is 0 Å². The molecule has 0 bridgehead atoms. The molecule has 3 heterocycles. The molecule has 10 heteroatoms. The Hall–Kier alpha value is -2.48. The first-order valence-electron chi connectivity index (χ1n) is 10.9. The number of aromatic nitrogens is 2. The molecular formula is C23H27BrFN5O3. The highest BCUT2D eigenvalue weighted by Crippen LogP contribution is 2.38. The van der Waals surface area contributed by atoms with Crippen LogP contribution in [-0.4, -0.2) is 47.0 Å². The van der Waals surface area contributed by atoms with Crippen molar-refractivity contribution in [3.8, 4) is 6.07 Å². The molecule has 2 saturated heterocycles. The fraction of sp³-hybridized carbons (Fsp3) is 0.522. The summed E-state index contributed by atoms with van der Waals surface area (Å²) >= 11 is 3.43. The van der Waals surface area contributed by atoms with Crippen LogP contribution < -0.4 is 10.2 Å². The number of imidazole rings is 1. The van der Waals surface area contributed by atoms with E-state index < -0.39 is 23.8 Å². The first kappa shape index (κ1) is 23.7. The van der Waals surface area contributed by atoms with Gasteiger partial charge < -0.3 is 24.3 Å². The number of halogens is 2. The van der Waals surface area contributed by atoms with Crippen molar-refractivity contribution in [1.82, 2.24) is 14.9 Å². The predicted molar refractivity (Wildman–Crippen MR) is 123 cm³/mol. The second-order valence-corrected chi connectivity index (χ2v) is 9.74. The summed E-state index contributed by atoms with van der Waals surface area (Å²) in [6.07, 6.45) is 1.97. The van der Waals surface area contributed by atoms with Crippen molar-refractivity contribution < 1.29 is 18.7 Å². The van der Waals surface area contributed by atoms with Gasteiger partial charge in [-0.3, -0.25) is 4.79 Å². The van der Waals surface area contributed by atoms with Gasteiger partial charge >= 0.3 is 0 Å². The molecule has 0 spiro atoms. The van der Waals surface area contributed by atoms with Crippen LogP contribution in [0, 0.1) is 23.1 Å². The number of hydrogen-bond acceptors (Lipinski definition) is 6. The van der Waals surface area contributed by atoms with E-state index in [9.17, 15) is 14.4 Å². The van der Waals surface area contributed by atoms with E-state index in [0.717, 1.165) is 36.2 Å². The number of benzene rings is 1. The van der Waals surface area contributed by atoms with Crippen LogP contribution in [0.2, 0.25) is 0 Å². The maximum atomic E-state index is 13.4. The quantitative estimate of drug-likeness (QED) is 0.650. The number of piperidine rings is 1. The lowest BCUT2D eigenvalue weighted by Gasteiger charge is -2.34. The summed E-state index contributed by atoms with van der Waals surface area (Å²) in [6, 6.07) is 6.38. The Morgan fingerprint density at radius 3 is 2.73 bits per heavy atom. The molecule has 2 aromatic rings. The number of nitriles is 1. The van der Waals surface area contributed by atoms with Crippen LogP contribution in [-0.2, 0) is 21.3 Å². The molecule has 2 aliphatic heterocycles. The molecule has 176 valence electrons. The average Bonchev–Trinajstić information content (AvgIpc) is 3.30. The molecule has 1 aromatic carbocycles. The highest BCUT2D eigenvalue weighted by molar-refractivity contribution is 9.10. The molecule has 8 nitrogen and oxygen atoms in total. The predicted octanol–water partition coefficient (Wildman–Crippen LogP) is 3.42. The van der Waals surface area contributed by atoms with Gasteiger partial charge in [0.25, 0.3) is 5.91 Å². The Bertz CT molecular complexity index is 1070. The van der Waals surface area contributed by atoms with Crippen LogP contribution >= 0.6 is 15.9 Å². The topological polar surface area (TPSA) is 92.4 Å². The molecule has 1 aromatic heterocycles. The summed E-state index contributed by atoms with van der Waals surface area (Å²) in [5.41, 5.74) is 1.10. The Morgan fingerprint density at radius 2 is 2.09 bits per heavy atom. The van der Waals surface area contributed by atoms with Gasteiger partial charge in [0.1, 0.15) is 22.3 Å². The van der Waals surface area contributed by atoms with Gasteiger partial charge in [-0.2, -0.15) is 5.26 Å². The van der Waals surface area contributed by atoms with Crippen LogP contribution in [0.1, 0.15) is 44.2 Å². The van der Waals surface area contributed by atoms with Crippen molar-refractivity contribution in [2.75, 3.05) is 24.5 Å². The highest BCUT2D eigenvalue weighted by atomic mass is 79.9. The van der Waals surface area contributed by atoms with Gasteiger partial charge in [0.2, 0.25) is 0 Å². The maximum absolute atomic E-state index is 13.4. The second kappa shape index (κ2) is 9.41. The lowest BCUT2D eigenvalue weighted by molar-refractivity contribution is -0.156. The van der Waals surface area contributed by atoms with E-state index in [0.29, 0.717) is 23.9 Å². The van der Waals surface area contributed by atoms with E-state index in [-0.39, 0.29) is 5.91 Å². The monoisotopic (exact) mass is 519 g/mol. The minimum absolute atomic E-state index is 0.225. The number of nitrogens with one attached hydrogen (secondary N) is 1. The fourth-order valence-corrected chi connectivity index (χ4v) is 4.69. The summed E-state index contributed by atoms with van der Waals surface area (Å²) in [4.78, 5) is 19.5. The Balaban J connectivity index is 1.35. The number of carbonyl (C=O) groups excluding carboxylic acids is 1. The molecule has 2 fully saturated rings. The number of nitrogens with zero attached hydrogens (tertiary/aromatic N) is 4. The molecule has 0 saturated carbocycles. The molecule has 0 radical (unpaired) electrons. The van der Waals surface area contributed by atoms with Gasteiger partial charge in [-0.15, -0.1) is 0 Å². The van der Waals surface area contributed by atoms with Crippen molar-refractivity contribution >= 4 is 27.5 Å². The summed E-state index contributed by atoms with van der Waals surface area (Å²) in [7, 11) is 1.85. The third-order valence-corrected chi connectivity index (χ3v) is 6.91. The Kier molecular flexibility index (Phi) is 6.75. The van der Waals surface area contributed by atoms with Gasteiger partial charge in [0.15, 0.2) is 18.0 Å². The maximum Gasteiger partial charge on any atom is 0.252 e. The average molecular weight is 520 g/mol.